The molecule has 2 aliphatic carbocycles. The smallest absolute Gasteiger partial charge is 0.164 e. The van der Waals surface area contributed by atoms with E-state index in [1.165, 1.54) is 22.3 Å². The van der Waals surface area contributed by atoms with Crippen molar-refractivity contribution in [2.75, 3.05) is 0 Å². The Morgan fingerprint density at radius 3 is 1.82 bits per heavy atom. The van der Waals surface area contributed by atoms with Gasteiger partial charge in [-0.1, -0.05) is 172 Å². The Kier molecular flexibility index (Phi) is 8.74. The molecule has 6 nitrogen and oxygen atoms in total. The number of imidazole rings is 1. The fourth-order valence-corrected chi connectivity index (χ4v) is 9.14. The highest BCUT2D eigenvalue weighted by molar-refractivity contribution is 5.94. The van der Waals surface area contributed by atoms with Crippen molar-refractivity contribution < 1.29 is 0 Å². The Morgan fingerprint density at radius 1 is 0.541 bits per heavy atom. The van der Waals surface area contributed by atoms with Gasteiger partial charge in [-0.2, -0.15) is 0 Å². The van der Waals surface area contributed by atoms with Crippen LogP contribution in [-0.4, -0.2) is 29.5 Å². The maximum atomic E-state index is 5.20. The Hall–Kier alpha value is -7.57. The minimum absolute atomic E-state index is 0.0583. The zero-order valence-corrected chi connectivity index (χ0v) is 34.3. The van der Waals surface area contributed by atoms with Crippen LogP contribution in [0.25, 0.3) is 90.2 Å². The van der Waals surface area contributed by atoms with Crippen molar-refractivity contribution in [3.8, 4) is 73.6 Å². The van der Waals surface area contributed by atoms with Gasteiger partial charge in [-0.25, -0.2) is 19.9 Å². The summed E-state index contributed by atoms with van der Waals surface area (Å²) in [5.41, 5.74) is 16.5. The quantitative estimate of drug-likeness (QED) is 0.161. The van der Waals surface area contributed by atoms with Crippen LogP contribution in [0.4, 0.5) is 0 Å². The Morgan fingerprint density at radius 2 is 1.13 bits per heavy atom. The van der Waals surface area contributed by atoms with Gasteiger partial charge in [0.05, 0.1) is 11.0 Å². The number of hydrogen-bond donors (Lipinski definition) is 0. The van der Waals surface area contributed by atoms with Crippen molar-refractivity contribution in [3.63, 3.8) is 0 Å². The molecule has 9 aromatic rings. The molecule has 2 aliphatic rings. The Bertz CT molecular complexity index is 3160. The molecule has 0 amide bonds. The Labute approximate surface area is 355 Å². The number of allylic oxidation sites excluding steroid dienone is 4. The topological polar surface area (TPSA) is 69.4 Å². The average Bonchev–Trinajstić information content (AvgIpc) is 3.82. The number of para-hydroxylation sites is 3. The lowest BCUT2D eigenvalue weighted by atomic mass is 9.76. The molecule has 6 heteroatoms. The van der Waals surface area contributed by atoms with Gasteiger partial charge >= 0.3 is 0 Å². The van der Waals surface area contributed by atoms with Crippen LogP contribution in [0.15, 0.2) is 188 Å². The lowest BCUT2D eigenvalue weighted by molar-refractivity contribution is 0.566. The number of rotatable bonds is 7. The second kappa shape index (κ2) is 14.6. The number of nitrogens with zero attached hydrogens (tertiary/aromatic N) is 6. The number of fused-ring (bicyclic) bond motifs is 3. The van der Waals surface area contributed by atoms with E-state index in [2.05, 4.69) is 147 Å². The summed E-state index contributed by atoms with van der Waals surface area (Å²) >= 11 is 0. The third-order valence-corrected chi connectivity index (χ3v) is 12.4. The van der Waals surface area contributed by atoms with E-state index in [-0.39, 0.29) is 5.41 Å². The van der Waals surface area contributed by atoms with Crippen LogP contribution in [-0.2, 0) is 5.41 Å². The van der Waals surface area contributed by atoms with Crippen molar-refractivity contribution in [2.24, 2.45) is 5.92 Å². The molecule has 3 heterocycles. The number of pyridine rings is 1. The fourth-order valence-electron chi connectivity index (χ4n) is 9.14. The molecule has 1 unspecified atom stereocenters. The third kappa shape index (κ3) is 6.39. The van der Waals surface area contributed by atoms with Crippen molar-refractivity contribution in [1.82, 2.24) is 29.5 Å². The molecular formula is C55H42N6. The maximum Gasteiger partial charge on any atom is 0.164 e. The van der Waals surface area contributed by atoms with Gasteiger partial charge in [0.2, 0.25) is 0 Å². The molecule has 0 radical (unpaired) electrons. The molecule has 0 saturated heterocycles. The molecule has 292 valence electrons. The summed E-state index contributed by atoms with van der Waals surface area (Å²) in [4.78, 5) is 25.3. The first-order valence-electron chi connectivity index (χ1n) is 21.0. The summed E-state index contributed by atoms with van der Waals surface area (Å²) in [5, 5.41) is 0. The molecule has 6 aromatic carbocycles. The largest absolute Gasteiger partial charge is 0.291 e. The van der Waals surface area contributed by atoms with Crippen LogP contribution in [0.3, 0.4) is 0 Å². The minimum atomic E-state index is -0.0583. The average molecular weight is 787 g/mol. The normalized spacial score (nSPS) is 15.2. The van der Waals surface area contributed by atoms with E-state index in [1.807, 2.05) is 60.8 Å². The van der Waals surface area contributed by atoms with E-state index < -0.39 is 0 Å². The zero-order chi connectivity index (χ0) is 41.1. The van der Waals surface area contributed by atoms with Crippen LogP contribution in [0.2, 0.25) is 0 Å². The highest BCUT2D eigenvalue weighted by Crippen LogP contribution is 2.53. The molecule has 61 heavy (non-hydrogen) atoms. The zero-order valence-electron chi connectivity index (χ0n) is 34.3. The van der Waals surface area contributed by atoms with Gasteiger partial charge in [-0.15, -0.1) is 0 Å². The molecule has 3 aromatic heterocycles. The van der Waals surface area contributed by atoms with E-state index in [4.69, 9.17) is 24.9 Å². The molecule has 0 N–H and O–H groups in total. The molecule has 0 saturated carbocycles. The van der Waals surface area contributed by atoms with Crippen LogP contribution in [0.1, 0.15) is 38.3 Å². The van der Waals surface area contributed by atoms with Crippen LogP contribution < -0.4 is 0 Å². The van der Waals surface area contributed by atoms with Gasteiger partial charge < -0.3 is 0 Å². The van der Waals surface area contributed by atoms with E-state index in [1.54, 1.807) is 0 Å². The van der Waals surface area contributed by atoms with Crippen molar-refractivity contribution in [2.45, 2.75) is 32.6 Å². The number of benzene rings is 6. The first-order chi connectivity index (χ1) is 29.9. The SMILES string of the molecule is CC1C=CC2=C(C1)C(C)(C)c1cccc(-c3nc(-c4ccccc4)nc(-c4ccc(-c5ccc(-c6ccc(-c7nc8ccccc8n7-c7ccccc7)nc6)cc5)cc4)n3)c12. The summed E-state index contributed by atoms with van der Waals surface area (Å²) in [7, 11) is 0. The van der Waals surface area contributed by atoms with E-state index >= 15 is 0 Å². The van der Waals surface area contributed by atoms with Crippen molar-refractivity contribution in [1.29, 1.82) is 0 Å². The monoisotopic (exact) mass is 786 g/mol. The van der Waals surface area contributed by atoms with E-state index in [0.717, 1.165) is 73.6 Å². The van der Waals surface area contributed by atoms with Gasteiger partial charge in [-0.05, 0) is 76.1 Å². The summed E-state index contributed by atoms with van der Waals surface area (Å²) in [6.45, 7) is 7.01. The third-order valence-electron chi connectivity index (χ3n) is 12.4. The predicted molar refractivity (Wildman–Crippen MR) is 248 cm³/mol. The minimum Gasteiger partial charge on any atom is -0.291 e. The summed E-state index contributed by atoms with van der Waals surface area (Å²) in [6.07, 6.45) is 7.66. The highest BCUT2D eigenvalue weighted by atomic mass is 15.1. The van der Waals surface area contributed by atoms with Gasteiger partial charge in [-0.3, -0.25) is 9.55 Å². The van der Waals surface area contributed by atoms with Crippen molar-refractivity contribution >= 4 is 16.6 Å². The van der Waals surface area contributed by atoms with E-state index in [0.29, 0.717) is 23.4 Å². The molecule has 0 spiro atoms. The molecular weight excluding hydrogens is 745 g/mol. The van der Waals surface area contributed by atoms with Gasteiger partial charge in [0.25, 0.3) is 0 Å². The molecule has 0 bridgehead atoms. The van der Waals surface area contributed by atoms with E-state index in [9.17, 15) is 0 Å². The number of aromatic nitrogens is 6. The maximum absolute atomic E-state index is 5.20. The summed E-state index contributed by atoms with van der Waals surface area (Å²) in [5.74, 6) is 3.34. The summed E-state index contributed by atoms with van der Waals surface area (Å²) in [6, 6.07) is 56.7. The fraction of sp³-hybridized carbons (Fsp3) is 0.109. The summed E-state index contributed by atoms with van der Waals surface area (Å²) < 4.78 is 2.18. The predicted octanol–water partition coefficient (Wildman–Crippen LogP) is 13.2. The van der Waals surface area contributed by atoms with Gasteiger partial charge in [0.15, 0.2) is 23.3 Å². The van der Waals surface area contributed by atoms with Crippen LogP contribution >= 0.6 is 0 Å². The molecule has 0 fully saturated rings. The lowest BCUT2D eigenvalue weighted by Crippen LogP contribution is -2.19. The van der Waals surface area contributed by atoms with Crippen LogP contribution in [0, 0.1) is 5.92 Å². The molecule has 0 aliphatic heterocycles. The number of hydrogen-bond acceptors (Lipinski definition) is 5. The van der Waals surface area contributed by atoms with Gasteiger partial charge in [0, 0.05) is 39.6 Å². The van der Waals surface area contributed by atoms with Gasteiger partial charge in [0.1, 0.15) is 5.69 Å². The Balaban J connectivity index is 0.896. The first kappa shape index (κ1) is 36.5. The molecule has 1 atom stereocenters. The van der Waals surface area contributed by atoms with Crippen LogP contribution in [0.5, 0.6) is 0 Å². The standard InChI is InChI=1S/C55H42N6/c1-35-21-31-43-46(33-35)55(2,3)45-18-12-17-44(50(43)45)53-59-51(39-13-6-4-7-14-39)58-52(60-53)40-28-26-37(27-29-40)36-22-24-38(25-23-36)41-30-32-48(56-34-41)54-57-47-19-10-11-20-49(47)61(54)42-15-8-5-9-16-42/h4-32,34-35H,33H2,1-3H3. The second-order valence-corrected chi connectivity index (χ2v) is 16.6. The van der Waals surface area contributed by atoms with Crippen molar-refractivity contribution in [3.05, 3.63) is 199 Å². The molecule has 11 rings (SSSR count). The lowest BCUT2D eigenvalue weighted by Gasteiger charge is -2.27. The first-order valence-corrected chi connectivity index (χ1v) is 21.0. The highest BCUT2D eigenvalue weighted by Gasteiger charge is 2.40. The second-order valence-electron chi connectivity index (χ2n) is 16.6.